The van der Waals surface area contributed by atoms with Crippen LogP contribution in [0.3, 0.4) is 0 Å². The number of H-pyrrole nitrogens is 1. The predicted molar refractivity (Wildman–Crippen MR) is 118 cm³/mol. The molecule has 8 heteroatoms. The first-order valence-corrected chi connectivity index (χ1v) is 12.7. The molecular weight excluding hydrogens is 386 g/mol. The minimum Gasteiger partial charge on any atom is -0.381 e. The third-order valence-corrected chi connectivity index (χ3v) is 8.92. The van der Waals surface area contributed by atoms with E-state index in [4.69, 9.17) is 4.74 Å². The molecule has 29 heavy (non-hydrogen) atoms. The van der Waals surface area contributed by atoms with Gasteiger partial charge in [0.05, 0.1) is 18.6 Å². The van der Waals surface area contributed by atoms with Crippen LogP contribution in [-0.4, -0.2) is 63.5 Å². The molecule has 1 saturated heterocycles. The summed E-state index contributed by atoms with van der Waals surface area (Å²) in [5.41, 5.74) is 0.882. The van der Waals surface area contributed by atoms with Crippen LogP contribution in [0.2, 0.25) is 0 Å². The van der Waals surface area contributed by atoms with E-state index in [0.717, 1.165) is 73.7 Å². The summed E-state index contributed by atoms with van der Waals surface area (Å²) < 4.78 is 23.5. The summed E-state index contributed by atoms with van der Waals surface area (Å²) in [5.74, 6) is 3.42. The smallest absolute Gasteiger partial charge is 0.142 e. The van der Waals surface area contributed by atoms with E-state index in [2.05, 4.69) is 38.2 Å². The third kappa shape index (κ3) is 4.74. The van der Waals surface area contributed by atoms with E-state index in [-0.39, 0.29) is 0 Å². The van der Waals surface area contributed by atoms with Gasteiger partial charge in [-0.05, 0) is 44.1 Å². The van der Waals surface area contributed by atoms with Gasteiger partial charge in [0.15, 0.2) is 0 Å². The Hall–Kier alpha value is -1.67. The van der Waals surface area contributed by atoms with Crippen LogP contribution in [0, 0.1) is 11.8 Å². The number of aromatic nitrogens is 3. The number of rotatable bonds is 8. The summed E-state index contributed by atoms with van der Waals surface area (Å²) in [4.78, 5) is 14.3. The first kappa shape index (κ1) is 20.6. The minimum atomic E-state index is -2.12. The molecule has 2 fully saturated rings. The third-order valence-electron chi connectivity index (χ3n) is 6.28. The Morgan fingerprint density at radius 3 is 2.66 bits per heavy atom. The van der Waals surface area contributed by atoms with Gasteiger partial charge in [0.1, 0.15) is 17.8 Å². The van der Waals surface area contributed by atoms with Crippen molar-refractivity contribution in [1.82, 2.24) is 15.0 Å². The van der Waals surface area contributed by atoms with E-state index in [1.807, 2.05) is 12.3 Å². The molecule has 2 aromatic rings. The molecule has 0 bridgehead atoms. The molecule has 1 aliphatic heterocycles. The number of nitrogens with zero attached hydrogens (tertiary/aromatic N) is 4. The molecular formula is C21H33N5O2S. The average molecular weight is 420 g/mol. The maximum atomic E-state index is 13.5. The van der Waals surface area contributed by atoms with Crippen molar-refractivity contribution in [2.75, 3.05) is 43.2 Å². The van der Waals surface area contributed by atoms with Crippen molar-refractivity contribution in [3.05, 3.63) is 18.6 Å². The van der Waals surface area contributed by atoms with Crippen molar-refractivity contribution in [2.24, 2.45) is 16.2 Å². The fourth-order valence-corrected chi connectivity index (χ4v) is 7.42. The van der Waals surface area contributed by atoms with Gasteiger partial charge in [-0.3, -0.25) is 0 Å². The highest BCUT2D eigenvalue weighted by Gasteiger charge is 2.30. The first-order chi connectivity index (χ1) is 14.1. The molecule has 0 spiro atoms. The van der Waals surface area contributed by atoms with Crippen molar-refractivity contribution < 1.29 is 8.95 Å². The van der Waals surface area contributed by atoms with Crippen LogP contribution >= 0.6 is 0 Å². The normalized spacial score (nSPS) is 24.8. The van der Waals surface area contributed by atoms with Gasteiger partial charge >= 0.3 is 0 Å². The molecule has 2 aromatic heterocycles. The van der Waals surface area contributed by atoms with Crippen molar-refractivity contribution in [2.45, 2.75) is 45.1 Å². The Labute approximate surface area is 173 Å². The maximum Gasteiger partial charge on any atom is 0.142 e. The van der Waals surface area contributed by atoms with Crippen molar-refractivity contribution in [3.63, 3.8) is 0 Å². The Kier molecular flexibility index (Phi) is 6.39. The fourth-order valence-electron chi connectivity index (χ4n) is 4.56. The topological polar surface area (TPSA) is 83.5 Å². The zero-order valence-corrected chi connectivity index (χ0v) is 18.4. The standard InChI is InChI=1S/C21H33N5O2S/c1-3-9-25-29(27,14-17-11-28-12-17)13-16-4-6-18(7-5-16)26(2)21-19-8-10-22-20(19)23-15-24-21/h8,10,15-18H,3-7,9,11-14H2,1-2H3,(H,22,23,24). The van der Waals surface area contributed by atoms with Gasteiger partial charge in [-0.1, -0.05) is 6.92 Å². The van der Waals surface area contributed by atoms with E-state index in [1.54, 1.807) is 6.33 Å². The second-order valence-electron chi connectivity index (χ2n) is 8.58. The largest absolute Gasteiger partial charge is 0.381 e. The monoisotopic (exact) mass is 419 g/mol. The van der Waals surface area contributed by atoms with Gasteiger partial charge in [0.25, 0.3) is 0 Å². The van der Waals surface area contributed by atoms with Crippen LogP contribution in [0.5, 0.6) is 0 Å². The molecule has 1 N–H and O–H groups in total. The summed E-state index contributed by atoms with van der Waals surface area (Å²) in [6.45, 7) is 4.32. The van der Waals surface area contributed by atoms with E-state index in [9.17, 15) is 4.21 Å². The highest BCUT2D eigenvalue weighted by molar-refractivity contribution is 7.93. The lowest BCUT2D eigenvalue weighted by Gasteiger charge is -2.36. The molecule has 1 atom stereocenters. The maximum absolute atomic E-state index is 13.5. The van der Waals surface area contributed by atoms with Crippen molar-refractivity contribution in [3.8, 4) is 0 Å². The lowest BCUT2D eigenvalue weighted by molar-refractivity contribution is -0.0202. The summed E-state index contributed by atoms with van der Waals surface area (Å²) in [6, 6.07) is 2.50. The fraction of sp³-hybridized carbons (Fsp3) is 0.714. The van der Waals surface area contributed by atoms with Gasteiger partial charge in [0.2, 0.25) is 0 Å². The first-order valence-electron chi connectivity index (χ1n) is 10.8. The van der Waals surface area contributed by atoms with E-state index >= 15 is 0 Å². The van der Waals surface area contributed by atoms with E-state index in [0.29, 0.717) is 24.4 Å². The Morgan fingerprint density at radius 1 is 1.21 bits per heavy atom. The summed E-state index contributed by atoms with van der Waals surface area (Å²) in [5, 5.41) is 1.07. The Balaban J connectivity index is 1.38. The zero-order chi connectivity index (χ0) is 20.3. The van der Waals surface area contributed by atoms with Crippen molar-refractivity contribution in [1.29, 1.82) is 0 Å². The Bertz CT molecular complexity index is 924. The molecule has 1 unspecified atom stereocenters. The summed E-state index contributed by atoms with van der Waals surface area (Å²) in [7, 11) is 0.0196. The zero-order valence-electron chi connectivity index (χ0n) is 17.5. The number of hydrogen-bond donors (Lipinski definition) is 1. The highest BCUT2D eigenvalue weighted by Crippen LogP contribution is 2.32. The van der Waals surface area contributed by atoms with Gasteiger partial charge in [-0.15, -0.1) is 0 Å². The highest BCUT2D eigenvalue weighted by atomic mass is 32.2. The number of hydrogen-bond acceptors (Lipinski definition) is 6. The molecule has 7 nitrogen and oxygen atoms in total. The van der Waals surface area contributed by atoms with Crippen LogP contribution < -0.4 is 4.90 Å². The van der Waals surface area contributed by atoms with Crippen molar-refractivity contribution >= 4 is 26.6 Å². The molecule has 4 rings (SSSR count). The van der Waals surface area contributed by atoms with Gasteiger partial charge in [-0.2, -0.15) is 0 Å². The molecule has 1 saturated carbocycles. The average Bonchev–Trinajstić information content (AvgIpc) is 3.18. The summed E-state index contributed by atoms with van der Waals surface area (Å²) in [6.07, 6.45) is 8.93. The number of aromatic amines is 1. The van der Waals surface area contributed by atoms with Gasteiger partial charge in [-0.25, -0.2) is 18.5 Å². The minimum absolute atomic E-state index is 0.437. The number of anilines is 1. The number of fused-ring (bicyclic) bond motifs is 1. The number of nitrogens with one attached hydrogen (secondary N) is 1. The molecule has 160 valence electrons. The molecule has 2 aliphatic rings. The lowest BCUT2D eigenvalue weighted by atomic mass is 9.86. The molecule has 1 aliphatic carbocycles. The molecule has 0 radical (unpaired) electrons. The Morgan fingerprint density at radius 2 is 1.97 bits per heavy atom. The lowest BCUT2D eigenvalue weighted by Crippen LogP contribution is -2.38. The quantitative estimate of drug-likeness (QED) is 0.708. The molecule has 3 heterocycles. The SMILES string of the molecule is CCCN=S(=O)(CC1CCC(N(C)c2ncnc3[nH]ccc23)CC1)CC1COC1. The van der Waals surface area contributed by atoms with E-state index in [1.165, 1.54) is 0 Å². The number of ether oxygens (including phenoxy) is 1. The van der Waals surface area contributed by atoms with Crippen LogP contribution in [0.4, 0.5) is 5.82 Å². The molecule has 0 aromatic carbocycles. The van der Waals surface area contributed by atoms with Crippen LogP contribution in [-0.2, 0) is 14.5 Å². The van der Waals surface area contributed by atoms with Crippen LogP contribution in [0.1, 0.15) is 39.0 Å². The van der Waals surface area contributed by atoms with Crippen LogP contribution in [0.25, 0.3) is 11.0 Å². The molecule has 0 amide bonds. The van der Waals surface area contributed by atoms with Crippen LogP contribution in [0.15, 0.2) is 23.0 Å². The second-order valence-corrected chi connectivity index (χ2v) is 11.1. The second kappa shape index (κ2) is 9.00. The summed E-state index contributed by atoms with van der Waals surface area (Å²) >= 11 is 0. The van der Waals surface area contributed by atoms with E-state index < -0.39 is 9.73 Å². The predicted octanol–water partition coefficient (Wildman–Crippen LogP) is 3.48. The van der Waals surface area contributed by atoms with Gasteiger partial charge < -0.3 is 14.6 Å². The van der Waals surface area contributed by atoms with Gasteiger partial charge in [0, 0.05) is 53.0 Å².